The molecule has 0 spiro atoms. The maximum atomic E-state index is 14.2. The van der Waals surface area contributed by atoms with Crippen LogP contribution in [0.3, 0.4) is 0 Å². The van der Waals surface area contributed by atoms with Crippen LogP contribution in [0.15, 0.2) is 36.5 Å². The van der Waals surface area contributed by atoms with Crippen molar-refractivity contribution < 1.29 is 13.9 Å². The van der Waals surface area contributed by atoms with E-state index in [4.69, 9.17) is 4.74 Å². The van der Waals surface area contributed by atoms with E-state index in [1.54, 1.807) is 57.5 Å². The number of pyridine rings is 1. The summed E-state index contributed by atoms with van der Waals surface area (Å²) < 4.78 is 21.3. The van der Waals surface area contributed by atoms with Crippen LogP contribution in [0, 0.1) is 12.7 Å². The monoisotopic (exact) mass is 370 g/mol. The van der Waals surface area contributed by atoms with Gasteiger partial charge in [0.1, 0.15) is 23.1 Å². The molecule has 0 aliphatic heterocycles. The summed E-state index contributed by atoms with van der Waals surface area (Å²) >= 11 is 0. The lowest BCUT2D eigenvalue weighted by molar-refractivity contribution is 0.0505. The lowest BCUT2D eigenvalue weighted by Gasteiger charge is -2.22. The van der Waals surface area contributed by atoms with Crippen molar-refractivity contribution >= 4 is 17.1 Å². The molecule has 3 aromatic rings. The molecule has 2 heterocycles. The van der Waals surface area contributed by atoms with E-state index < -0.39 is 17.7 Å². The van der Waals surface area contributed by atoms with Crippen molar-refractivity contribution in [3.8, 4) is 5.82 Å². The Morgan fingerprint density at radius 3 is 2.63 bits per heavy atom. The lowest BCUT2D eigenvalue weighted by atomic mass is 10.2. The molecule has 6 nitrogen and oxygen atoms in total. The van der Waals surface area contributed by atoms with E-state index in [1.807, 2.05) is 12.1 Å². The highest BCUT2D eigenvalue weighted by Gasteiger charge is 2.24. The van der Waals surface area contributed by atoms with Crippen molar-refractivity contribution in [2.45, 2.75) is 46.3 Å². The maximum absolute atomic E-state index is 14.2. The third-order valence-corrected chi connectivity index (χ3v) is 4.03. The second kappa shape index (κ2) is 6.98. The molecule has 3 rings (SSSR count). The average Bonchev–Trinajstić information content (AvgIpc) is 2.97. The zero-order valence-corrected chi connectivity index (χ0v) is 16.1. The van der Waals surface area contributed by atoms with Crippen LogP contribution in [0.25, 0.3) is 16.9 Å². The van der Waals surface area contributed by atoms with Crippen molar-refractivity contribution in [2.75, 3.05) is 0 Å². The molecule has 0 aliphatic carbocycles. The number of imidazole rings is 1. The number of alkyl carbamates (subject to hydrolysis) is 1. The predicted octanol–water partition coefficient (Wildman–Crippen LogP) is 4.45. The van der Waals surface area contributed by atoms with Gasteiger partial charge in [-0.15, -0.1) is 0 Å². The van der Waals surface area contributed by atoms with E-state index in [0.29, 0.717) is 28.2 Å². The molecule has 142 valence electrons. The predicted molar refractivity (Wildman–Crippen MR) is 101 cm³/mol. The number of carbonyl (C=O) groups excluding carboxylic acids is 1. The first-order valence-corrected chi connectivity index (χ1v) is 8.76. The Morgan fingerprint density at radius 2 is 2.00 bits per heavy atom. The Morgan fingerprint density at radius 1 is 1.26 bits per heavy atom. The standard InChI is InChI=1S/C20H23FN4O2/c1-12-14(21)9-10-15-17(12)25(16-8-6-7-11-22-16)18(24-15)13(2)23-19(26)27-20(3,4)5/h6-11,13H,1-5H3,(H,23,26). The molecule has 1 unspecified atom stereocenters. The Kier molecular flexibility index (Phi) is 4.87. The second-order valence-electron chi connectivity index (χ2n) is 7.40. The summed E-state index contributed by atoms with van der Waals surface area (Å²) in [5.41, 5.74) is 1.13. The summed E-state index contributed by atoms with van der Waals surface area (Å²) in [6, 6.07) is 8.01. The van der Waals surface area contributed by atoms with E-state index in [1.165, 1.54) is 6.07 Å². The molecule has 1 aromatic carbocycles. The Balaban J connectivity index is 2.10. The van der Waals surface area contributed by atoms with Crippen LogP contribution in [0.1, 0.15) is 45.1 Å². The number of amides is 1. The number of hydrogen-bond acceptors (Lipinski definition) is 4. The highest BCUT2D eigenvalue weighted by molar-refractivity contribution is 5.82. The number of aryl methyl sites for hydroxylation is 1. The van der Waals surface area contributed by atoms with Crippen molar-refractivity contribution in [1.29, 1.82) is 0 Å². The Labute approximate surface area is 157 Å². The molecule has 27 heavy (non-hydrogen) atoms. The van der Waals surface area contributed by atoms with Gasteiger partial charge in [-0.1, -0.05) is 6.07 Å². The Bertz CT molecular complexity index is 977. The van der Waals surface area contributed by atoms with E-state index in [2.05, 4.69) is 15.3 Å². The van der Waals surface area contributed by atoms with Crippen molar-refractivity contribution in [2.24, 2.45) is 0 Å². The number of hydrogen-bond donors (Lipinski definition) is 1. The molecule has 2 aromatic heterocycles. The normalized spacial score (nSPS) is 12.8. The summed E-state index contributed by atoms with van der Waals surface area (Å²) in [4.78, 5) is 21.2. The molecule has 0 radical (unpaired) electrons. The van der Waals surface area contributed by atoms with Crippen LogP contribution >= 0.6 is 0 Å². The van der Waals surface area contributed by atoms with Gasteiger partial charge in [0.15, 0.2) is 0 Å². The van der Waals surface area contributed by atoms with Gasteiger partial charge in [-0.3, -0.25) is 4.57 Å². The van der Waals surface area contributed by atoms with Crippen LogP contribution in [0.5, 0.6) is 0 Å². The van der Waals surface area contributed by atoms with Crippen molar-refractivity contribution in [3.05, 3.63) is 53.7 Å². The van der Waals surface area contributed by atoms with Crippen LogP contribution in [0.4, 0.5) is 9.18 Å². The summed E-state index contributed by atoms with van der Waals surface area (Å²) in [6.45, 7) is 8.90. The quantitative estimate of drug-likeness (QED) is 0.739. The first kappa shape index (κ1) is 18.8. The number of carbonyl (C=O) groups is 1. The van der Waals surface area contributed by atoms with E-state index >= 15 is 0 Å². The molecular weight excluding hydrogens is 347 g/mol. The first-order valence-electron chi connectivity index (χ1n) is 8.76. The summed E-state index contributed by atoms with van der Waals surface area (Å²) in [7, 11) is 0. The molecular formula is C20H23FN4O2. The zero-order chi connectivity index (χ0) is 19.8. The van der Waals surface area contributed by atoms with E-state index in [9.17, 15) is 9.18 Å². The van der Waals surface area contributed by atoms with Crippen LogP contribution < -0.4 is 5.32 Å². The number of ether oxygens (including phenoxy) is 1. The van der Waals surface area contributed by atoms with Gasteiger partial charge < -0.3 is 10.1 Å². The number of fused-ring (bicyclic) bond motifs is 1. The first-order chi connectivity index (χ1) is 12.7. The SMILES string of the molecule is Cc1c(F)ccc2nc(C(C)NC(=O)OC(C)(C)C)n(-c3ccccn3)c12. The zero-order valence-electron chi connectivity index (χ0n) is 16.1. The molecule has 7 heteroatoms. The largest absolute Gasteiger partial charge is 0.444 e. The minimum absolute atomic E-state index is 0.320. The highest BCUT2D eigenvalue weighted by atomic mass is 19.1. The Hall–Kier alpha value is -2.96. The third-order valence-electron chi connectivity index (χ3n) is 4.03. The van der Waals surface area contributed by atoms with Crippen LogP contribution in [-0.4, -0.2) is 26.2 Å². The number of aromatic nitrogens is 3. The minimum Gasteiger partial charge on any atom is -0.444 e. The number of halogens is 1. The lowest BCUT2D eigenvalue weighted by Crippen LogP contribution is -2.34. The number of nitrogens with one attached hydrogen (secondary N) is 1. The van der Waals surface area contributed by atoms with E-state index in [0.717, 1.165) is 0 Å². The molecule has 0 aliphatic rings. The fourth-order valence-electron chi connectivity index (χ4n) is 2.88. The topological polar surface area (TPSA) is 69.0 Å². The van der Waals surface area contributed by atoms with Crippen LogP contribution in [-0.2, 0) is 4.74 Å². The number of rotatable bonds is 3. The van der Waals surface area contributed by atoms with Gasteiger partial charge in [-0.2, -0.15) is 0 Å². The fraction of sp³-hybridized carbons (Fsp3) is 0.350. The van der Waals surface area contributed by atoms with Gasteiger partial charge in [0, 0.05) is 11.8 Å². The minimum atomic E-state index is -0.607. The van der Waals surface area contributed by atoms with E-state index in [-0.39, 0.29) is 5.82 Å². The molecule has 1 amide bonds. The van der Waals surface area contributed by atoms with Crippen LogP contribution in [0.2, 0.25) is 0 Å². The smallest absolute Gasteiger partial charge is 0.408 e. The van der Waals surface area contributed by atoms with Gasteiger partial charge in [-0.05, 0) is 58.9 Å². The molecule has 0 bridgehead atoms. The van der Waals surface area contributed by atoms with Crippen molar-refractivity contribution in [3.63, 3.8) is 0 Å². The summed E-state index contributed by atoms with van der Waals surface area (Å²) in [6.07, 6.45) is 1.11. The maximum Gasteiger partial charge on any atom is 0.408 e. The van der Waals surface area contributed by atoms with Gasteiger partial charge in [0.05, 0.1) is 17.1 Å². The molecule has 0 saturated carbocycles. The number of benzene rings is 1. The van der Waals surface area contributed by atoms with Crippen molar-refractivity contribution in [1.82, 2.24) is 19.9 Å². The van der Waals surface area contributed by atoms with Gasteiger partial charge in [0.25, 0.3) is 0 Å². The molecule has 1 N–H and O–H groups in total. The molecule has 0 fully saturated rings. The van der Waals surface area contributed by atoms with Gasteiger partial charge >= 0.3 is 6.09 Å². The second-order valence-corrected chi connectivity index (χ2v) is 7.40. The molecule has 0 saturated heterocycles. The van der Waals surface area contributed by atoms with Gasteiger partial charge in [-0.25, -0.2) is 19.2 Å². The highest BCUT2D eigenvalue weighted by Crippen LogP contribution is 2.28. The molecule has 1 atom stereocenters. The summed E-state index contributed by atoms with van der Waals surface area (Å²) in [5, 5.41) is 2.79. The summed E-state index contributed by atoms with van der Waals surface area (Å²) in [5.74, 6) is 0.823. The third kappa shape index (κ3) is 3.92. The van der Waals surface area contributed by atoms with Gasteiger partial charge in [0.2, 0.25) is 0 Å². The average molecular weight is 370 g/mol. The fourth-order valence-corrected chi connectivity index (χ4v) is 2.88. The number of nitrogens with zero attached hydrogens (tertiary/aromatic N) is 3.